The summed E-state index contributed by atoms with van der Waals surface area (Å²) in [6.45, 7) is 0.459. The average Bonchev–Trinajstić information content (AvgIpc) is 2.66. The number of fused-ring (bicyclic) bond motifs is 1. The van der Waals surface area contributed by atoms with Crippen molar-refractivity contribution in [3.8, 4) is 11.5 Å². The third-order valence-corrected chi connectivity index (χ3v) is 5.48. The van der Waals surface area contributed by atoms with Crippen LogP contribution in [0.5, 0.6) is 11.5 Å². The number of benzene rings is 2. The predicted octanol–water partition coefficient (Wildman–Crippen LogP) is 1.40. The molecule has 25 heavy (non-hydrogen) atoms. The summed E-state index contributed by atoms with van der Waals surface area (Å²) in [4.78, 5) is 11.9. The summed E-state index contributed by atoms with van der Waals surface area (Å²) in [5, 5.41) is 2.45. The van der Waals surface area contributed by atoms with Gasteiger partial charge in [0.25, 0.3) is 10.0 Å². The van der Waals surface area contributed by atoms with Crippen LogP contribution in [0.25, 0.3) is 0 Å². The first kappa shape index (κ1) is 17.1. The van der Waals surface area contributed by atoms with Crippen LogP contribution in [0.3, 0.4) is 0 Å². The standard InChI is InChI=1S/C17H18N2O5S/c1-18-17(20)12-19(13-5-3-2-4-6-13)25(21,22)14-7-8-15-16(11-14)24-10-9-23-15/h2-8,11H,9-10,12H2,1H3,(H,18,20). The molecule has 132 valence electrons. The van der Waals surface area contributed by atoms with E-state index in [-0.39, 0.29) is 11.4 Å². The number of hydrogen-bond acceptors (Lipinski definition) is 5. The molecule has 0 bridgehead atoms. The molecule has 1 amide bonds. The van der Waals surface area contributed by atoms with Gasteiger partial charge in [0, 0.05) is 13.1 Å². The number of anilines is 1. The molecule has 1 heterocycles. The quantitative estimate of drug-likeness (QED) is 0.869. The minimum Gasteiger partial charge on any atom is -0.486 e. The topological polar surface area (TPSA) is 84.9 Å². The Kier molecular flexibility index (Phi) is 4.80. The van der Waals surface area contributed by atoms with Crippen LogP contribution in [0.15, 0.2) is 53.4 Å². The van der Waals surface area contributed by atoms with E-state index in [0.29, 0.717) is 30.4 Å². The Morgan fingerprint density at radius 1 is 1.08 bits per heavy atom. The molecule has 7 nitrogen and oxygen atoms in total. The number of ether oxygens (including phenoxy) is 2. The third kappa shape index (κ3) is 3.53. The largest absolute Gasteiger partial charge is 0.486 e. The first-order valence-corrected chi connectivity index (χ1v) is 9.14. The SMILES string of the molecule is CNC(=O)CN(c1ccccc1)S(=O)(=O)c1ccc2c(c1)OCCO2. The second-order valence-electron chi connectivity index (χ2n) is 5.33. The van der Waals surface area contributed by atoms with Crippen LogP contribution in [0.2, 0.25) is 0 Å². The molecule has 2 aromatic carbocycles. The first-order chi connectivity index (χ1) is 12.0. The number of sulfonamides is 1. The van der Waals surface area contributed by atoms with E-state index in [4.69, 9.17) is 9.47 Å². The van der Waals surface area contributed by atoms with Crippen molar-refractivity contribution in [1.82, 2.24) is 5.32 Å². The molecule has 0 aliphatic carbocycles. The fourth-order valence-electron chi connectivity index (χ4n) is 2.43. The zero-order chi connectivity index (χ0) is 17.9. The molecule has 0 spiro atoms. The van der Waals surface area contributed by atoms with Crippen molar-refractivity contribution in [2.24, 2.45) is 0 Å². The van der Waals surface area contributed by atoms with Gasteiger partial charge < -0.3 is 14.8 Å². The fourth-order valence-corrected chi connectivity index (χ4v) is 3.87. The van der Waals surface area contributed by atoms with Crippen LogP contribution in [-0.4, -0.2) is 41.1 Å². The summed E-state index contributed by atoms with van der Waals surface area (Å²) in [7, 11) is -2.50. The Morgan fingerprint density at radius 2 is 1.76 bits per heavy atom. The number of likely N-dealkylation sites (N-methyl/N-ethyl adjacent to an activating group) is 1. The molecular weight excluding hydrogens is 344 g/mol. The van der Waals surface area contributed by atoms with Crippen molar-refractivity contribution < 1.29 is 22.7 Å². The second-order valence-corrected chi connectivity index (χ2v) is 7.19. The van der Waals surface area contributed by atoms with Gasteiger partial charge in [-0.25, -0.2) is 8.42 Å². The molecule has 0 saturated carbocycles. The lowest BCUT2D eigenvalue weighted by Gasteiger charge is -2.25. The molecule has 0 fully saturated rings. The summed E-state index contributed by atoms with van der Waals surface area (Å²) in [6.07, 6.45) is 0. The van der Waals surface area contributed by atoms with Crippen molar-refractivity contribution >= 4 is 21.6 Å². The van der Waals surface area contributed by atoms with Gasteiger partial charge in [-0.05, 0) is 24.3 Å². The third-order valence-electron chi connectivity index (χ3n) is 3.71. The minimum atomic E-state index is -3.96. The number of amides is 1. The van der Waals surface area contributed by atoms with E-state index < -0.39 is 15.9 Å². The first-order valence-electron chi connectivity index (χ1n) is 7.70. The van der Waals surface area contributed by atoms with E-state index in [1.807, 2.05) is 0 Å². The minimum absolute atomic E-state index is 0.0320. The normalized spacial score (nSPS) is 13.2. The molecule has 8 heteroatoms. The zero-order valence-corrected chi connectivity index (χ0v) is 14.5. The van der Waals surface area contributed by atoms with Gasteiger partial charge in [-0.2, -0.15) is 0 Å². The van der Waals surface area contributed by atoms with Gasteiger partial charge in [0.05, 0.1) is 10.6 Å². The number of nitrogens with one attached hydrogen (secondary N) is 1. The van der Waals surface area contributed by atoms with Gasteiger partial charge in [-0.3, -0.25) is 9.10 Å². The monoisotopic (exact) mass is 362 g/mol. The number of carbonyl (C=O) groups is 1. The van der Waals surface area contributed by atoms with Crippen molar-refractivity contribution in [3.63, 3.8) is 0 Å². The fraction of sp³-hybridized carbons (Fsp3) is 0.235. The predicted molar refractivity (Wildman–Crippen MR) is 92.5 cm³/mol. The molecule has 2 aromatic rings. The Balaban J connectivity index is 2.03. The van der Waals surface area contributed by atoms with Gasteiger partial charge in [0.1, 0.15) is 19.8 Å². The van der Waals surface area contributed by atoms with E-state index in [9.17, 15) is 13.2 Å². The highest BCUT2D eigenvalue weighted by atomic mass is 32.2. The van der Waals surface area contributed by atoms with E-state index in [1.54, 1.807) is 36.4 Å². The highest BCUT2D eigenvalue weighted by molar-refractivity contribution is 7.92. The van der Waals surface area contributed by atoms with Crippen LogP contribution in [0.1, 0.15) is 0 Å². The van der Waals surface area contributed by atoms with Gasteiger partial charge in [0.15, 0.2) is 11.5 Å². The average molecular weight is 362 g/mol. The van der Waals surface area contributed by atoms with E-state index in [0.717, 1.165) is 4.31 Å². The molecule has 1 aliphatic rings. The smallest absolute Gasteiger partial charge is 0.264 e. The van der Waals surface area contributed by atoms with Gasteiger partial charge >= 0.3 is 0 Å². The summed E-state index contributed by atoms with van der Waals surface area (Å²) in [5.41, 5.74) is 0.404. The number of rotatable bonds is 5. The Labute approximate surface area is 146 Å². The molecule has 0 radical (unpaired) electrons. The highest BCUT2D eigenvalue weighted by Crippen LogP contribution is 2.34. The highest BCUT2D eigenvalue weighted by Gasteiger charge is 2.28. The van der Waals surface area contributed by atoms with Gasteiger partial charge in [0.2, 0.25) is 5.91 Å². The second kappa shape index (κ2) is 7.02. The maximum atomic E-state index is 13.1. The lowest BCUT2D eigenvalue weighted by molar-refractivity contribution is -0.119. The van der Waals surface area contributed by atoms with Crippen LogP contribution in [0, 0.1) is 0 Å². The van der Waals surface area contributed by atoms with E-state index >= 15 is 0 Å². The van der Waals surface area contributed by atoms with Gasteiger partial charge in [-0.15, -0.1) is 0 Å². The Morgan fingerprint density at radius 3 is 2.44 bits per heavy atom. The van der Waals surface area contributed by atoms with Crippen molar-refractivity contribution in [1.29, 1.82) is 0 Å². The van der Waals surface area contributed by atoms with Gasteiger partial charge in [-0.1, -0.05) is 18.2 Å². The molecule has 1 N–H and O–H groups in total. The lowest BCUT2D eigenvalue weighted by atomic mass is 10.3. The van der Waals surface area contributed by atoms with Crippen LogP contribution in [-0.2, 0) is 14.8 Å². The molecule has 1 aliphatic heterocycles. The van der Waals surface area contributed by atoms with Crippen LogP contribution < -0.4 is 19.1 Å². The maximum Gasteiger partial charge on any atom is 0.264 e. The number of hydrogen-bond donors (Lipinski definition) is 1. The van der Waals surface area contributed by atoms with Crippen molar-refractivity contribution in [3.05, 3.63) is 48.5 Å². The summed E-state index contributed by atoms with van der Waals surface area (Å²) < 4.78 is 38.2. The van der Waals surface area contributed by atoms with Crippen LogP contribution >= 0.6 is 0 Å². The number of nitrogens with zero attached hydrogens (tertiary/aromatic N) is 1. The van der Waals surface area contributed by atoms with E-state index in [1.165, 1.54) is 19.2 Å². The zero-order valence-electron chi connectivity index (χ0n) is 13.6. The van der Waals surface area contributed by atoms with Crippen molar-refractivity contribution in [2.75, 3.05) is 31.1 Å². The molecule has 0 aromatic heterocycles. The molecule has 0 atom stereocenters. The molecule has 0 unspecified atom stereocenters. The maximum absolute atomic E-state index is 13.1. The summed E-state index contributed by atoms with van der Waals surface area (Å²) in [5.74, 6) is 0.466. The summed E-state index contributed by atoms with van der Waals surface area (Å²) >= 11 is 0. The molecule has 3 rings (SSSR count). The summed E-state index contributed by atoms with van der Waals surface area (Å²) in [6, 6.07) is 12.9. The number of para-hydroxylation sites is 1. The molecular formula is C17H18N2O5S. The lowest BCUT2D eigenvalue weighted by Crippen LogP contribution is -2.39. The Hall–Kier alpha value is -2.74. The molecule has 0 saturated heterocycles. The Bertz CT molecular complexity index is 868. The number of carbonyl (C=O) groups excluding carboxylic acids is 1. The van der Waals surface area contributed by atoms with Crippen LogP contribution in [0.4, 0.5) is 5.69 Å². The van der Waals surface area contributed by atoms with Crippen molar-refractivity contribution in [2.45, 2.75) is 4.90 Å². The van der Waals surface area contributed by atoms with E-state index in [2.05, 4.69) is 5.32 Å².